The van der Waals surface area contributed by atoms with Crippen molar-refractivity contribution < 1.29 is 23.8 Å². The van der Waals surface area contributed by atoms with E-state index in [1.807, 2.05) is 6.92 Å². The smallest absolute Gasteiger partial charge is 0.300 e. The van der Waals surface area contributed by atoms with Gasteiger partial charge in [0, 0.05) is 23.6 Å². The molecule has 0 spiro atoms. The van der Waals surface area contributed by atoms with E-state index in [-0.39, 0.29) is 11.3 Å². The Morgan fingerprint density at radius 1 is 1.13 bits per heavy atom. The number of hydrogen-bond acceptors (Lipinski definition) is 5. The van der Waals surface area contributed by atoms with Gasteiger partial charge in [0.15, 0.2) is 0 Å². The maximum Gasteiger partial charge on any atom is 0.300 e. The number of carbonyl (C=O) groups is 2. The van der Waals surface area contributed by atoms with E-state index >= 15 is 0 Å². The number of aryl methyl sites for hydroxylation is 1. The molecule has 2 heterocycles. The second-order valence-electron chi connectivity index (χ2n) is 7.12. The van der Waals surface area contributed by atoms with Gasteiger partial charge in [-0.1, -0.05) is 6.07 Å². The first-order valence-corrected chi connectivity index (χ1v) is 9.54. The highest BCUT2D eigenvalue weighted by molar-refractivity contribution is 6.51. The number of anilines is 1. The number of amides is 1. The van der Waals surface area contributed by atoms with Gasteiger partial charge in [-0.2, -0.15) is 0 Å². The molecule has 1 aliphatic heterocycles. The summed E-state index contributed by atoms with van der Waals surface area (Å²) in [7, 11) is 1.54. The number of pyridine rings is 1. The molecule has 7 heteroatoms. The lowest BCUT2D eigenvalue weighted by molar-refractivity contribution is -0.132. The zero-order chi connectivity index (χ0) is 22.1. The summed E-state index contributed by atoms with van der Waals surface area (Å²) in [5, 5.41) is 11.1. The van der Waals surface area contributed by atoms with Gasteiger partial charge in [0.1, 0.15) is 17.3 Å². The summed E-state index contributed by atoms with van der Waals surface area (Å²) in [6, 6.07) is 12.7. The molecule has 31 heavy (non-hydrogen) atoms. The summed E-state index contributed by atoms with van der Waals surface area (Å²) in [6.45, 7) is 1.81. The number of benzene rings is 2. The van der Waals surface area contributed by atoms with Gasteiger partial charge in [0.25, 0.3) is 11.7 Å². The van der Waals surface area contributed by atoms with E-state index in [1.54, 1.807) is 43.6 Å². The molecule has 0 radical (unpaired) electrons. The summed E-state index contributed by atoms with van der Waals surface area (Å²) < 4.78 is 18.7. The lowest BCUT2D eigenvalue weighted by Gasteiger charge is -2.25. The molecule has 1 aromatic heterocycles. The molecule has 1 unspecified atom stereocenters. The average Bonchev–Trinajstić information content (AvgIpc) is 3.05. The number of aliphatic hydroxyl groups excluding tert-OH is 1. The lowest BCUT2D eigenvalue weighted by atomic mass is 9.95. The average molecular weight is 418 g/mol. The second-order valence-corrected chi connectivity index (χ2v) is 7.12. The van der Waals surface area contributed by atoms with Gasteiger partial charge < -0.3 is 9.84 Å². The Morgan fingerprint density at radius 2 is 1.87 bits per heavy atom. The molecular weight excluding hydrogens is 399 g/mol. The molecule has 6 nitrogen and oxygen atoms in total. The first-order chi connectivity index (χ1) is 14.9. The van der Waals surface area contributed by atoms with E-state index in [0.29, 0.717) is 22.6 Å². The predicted octanol–water partition coefficient (Wildman–Crippen LogP) is 4.16. The molecule has 3 aromatic rings. The number of ether oxygens (including phenoxy) is 1. The van der Waals surface area contributed by atoms with Crippen LogP contribution in [0.2, 0.25) is 0 Å². The van der Waals surface area contributed by atoms with E-state index in [1.165, 1.54) is 35.4 Å². The number of methoxy groups -OCH3 is 1. The Morgan fingerprint density at radius 3 is 2.48 bits per heavy atom. The van der Waals surface area contributed by atoms with Crippen LogP contribution in [0.4, 0.5) is 10.1 Å². The van der Waals surface area contributed by atoms with Crippen LogP contribution in [0.5, 0.6) is 5.75 Å². The van der Waals surface area contributed by atoms with Crippen molar-refractivity contribution in [1.29, 1.82) is 0 Å². The van der Waals surface area contributed by atoms with Crippen LogP contribution in [0, 0.1) is 12.7 Å². The Hall–Kier alpha value is -4.00. The van der Waals surface area contributed by atoms with Crippen LogP contribution >= 0.6 is 0 Å². The zero-order valence-corrected chi connectivity index (χ0v) is 16.9. The van der Waals surface area contributed by atoms with E-state index in [4.69, 9.17) is 4.74 Å². The first-order valence-electron chi connectivity index (χ1n) is 9.54. The minimum atomic E-state index is -0.915. The Balaban J connectivity index is 1.92. The van der Waals surface area contributed by atoms with E-state index < -0.39 is 23.5 Å². The van der Waals surface area contributed by atoms with Gasteiger partial charge in [0.05, 0.1) is 18.7 Å². The topological polar surface area (TPSA) is 79.7 Å². The second kappa shape index (κ2) is 8.02. The summed E-state index contributed by atoms with van der Waals surface area (Å²) in [5.74, 6) is -1.78. The monoisotopic (exact) mass is 418 g/mol. The predicted molar refractivity (Wildman–Crippen MR) is 113 cm³/mol. The third kappa shape index (κ3) is 3.54. The lowest BCUT2D eigenvalue weighted by Crippen LogP contribution is -2.29. The maximum atomic E-state index is 13.5. The Labute approximate surface area is 178 Å². The van der Waals surface area contributed by atoms with Gasteiger partial charge in [-0.05, 0) is 66.6 Å². The number of ketones is 1. The van der Waals surface area contributed by atoms with Crippen molar-refractivity contribution in [3.8, 4) is 5.75 Å². The van der Waals surface area contributed by atoms with Crippen molar-refractivity contribution in [2.45, 2.75) is 13.0 Å². The summed E-state index contributed by atoms with van der Waals surface area (Å²) in [4.78, 5) is 31.4. The summed E-state index contributed by atoms with van der Waals surface area (Å²) in [6.07, 6.45) is 3.10. The standard InChI is InChI=1S/C24H19FN2O4/c1-14-12-15(5-10-19(14)31-2)22(28)20-21(16-4-3-11-26-13-16)27(24(30)23(20)29)18-8-6-17(25)7-9-18/h3-13,21,28H,1-2H3/b22-20-. The van der Waals surface area contributed by atoms with E-state index in [9.17, 15) is 19.1 Å². The molecule has 2 aromatic carbocycles. The summed E-state index contributed by atoms with van der Waals surface area (Å²) >= 11 is 0. The zero-order valence-electron chi connectivity index (χ0n) is 16.9. The van der Waals surface area contributed by atoms with Crippen molar-refractivity contribution in [3.63, 3.8) is 0 Å². The Kier molecular flexibility index (Phi) is 5.25. The molecule has 0 saturated carbocycles. The third-order valence-corrected chi connectivity index (χ3v) is 5.22. The van der Waals surface area contributed by atoms with Crippen molar-refractivity contribution in [3.05, 3.63) is 95.1 Å². The van der Waals surface area contributed by atoms with Gasteiger partial charge >= 0.3 is 0 Å². The number of aromatic nitrogens is 1. The van der Waals surface area contributed by atoms with Crippen LogP contribution in [0.15, 0.2) is 72.6 Å². The molecule has 0 bridgehead atoms. The third-order valence-electron chi connectivity index (χ3n) is 5.22. The van der Waals surface area contributed by atoms with Gasteiger partial charge in [-0.25, -0.2) is 4.39 Å². The highest BCUT2D eigenvalue weighted by Gasteiger charge is 2.47. The van der Waals surface area contributed by atoms with Crippen LogP contribution in [0.25, 0.3) is 5.76 Å². The molecule has 4 rings (SSSR count). The maximum absolute atomic E-state index is 13.5. The number of carbonyl (C=O) groups excluding carboxylic acids is 2. The molecule has 1 fully saturated rings. The van der Waals surface area contributed by atoms with E-state index in [2.05, 4.69) is 4.98 Å². The van der Waals surface area contributed by atoms with E-state index in [0.717, 1.165) is 5.56 Å². The quantitative estimate of drug-likeness (QED) is 0.391. The molecule has 156 valence electrons. The van der Waals surface area contributed by atoms with Crippen molar-refractivity contribution in [2.24, 2.45) is 0 Å². The van der Waals surface area contributed by atoms with Crippen molar-refractivity contribution in [2.75, 3.05) is 12.0 Å². The molecule has 1 atom stereocenters. The molecular formula is C24H19FN2O4. The first kappa shape index (κ1) is 20.3. The highest BCUT2D eigenvalue weighted by Crippen LogP contribution is 2.42. The number of hydrogen-bond donors (Lipinski definition) is 1. The SMILES string of the molecule is COc1ccc(/C(O)=C2/C(=O)C(=O)N(c3ccc(F)cc3)C2c2cccnc2)cc1C. The van der Waals surface area contributed by atoms with Crippen LogP contribution in [-0.2, 0) is 9.59 Å². The highest BCUT2D eigenvalue weighted by atomic mass is 19.1. The number of nitrogens with zero attached hydrogens (tertiary/aromatic N) is 2. The summed E-state index contributed by atoms with van der Waals surface area (Å²) in [5.41, 5.74) is 1.95. The molecule has 0 aliphatic carbocycles. The normalized spacial score (nSPS) is 17.8. The molecule has 1 N–H and O–H groups in total. The minimum absolute atomic E-state index is 0.0631. The van der Waals surface area contributed by atoms with Crippen LogP contribution < -0.4 is 9.64 Å². The number of Topliss-reactive ketones (excluding diaryl/α,β-unsaturated/α-hetero) is 1. The Bertz CT molecular complexity index is 1190. The molecule has 1 amide bonds. The largest absolute Gasteiger partial charge is 0.507 e. The fourth-order valence-corrected chi connectivity index (χ4v) is 3.73. The number of aliphatic hydroxyl groups is 1. The fourth-order valence-electron chi connectivity index (χ4n) is 3.73. The number of rotatable bonds is 4. The van der Waals surface area contributed by atoms with Crippen molar-refractivity contribution >= 4 is 23.1 Å². The van der Waals surface area contributed by atoms with Crippen molar-refractivity contribution in [1.82, 2.24) is 4.98 Å². The van der Waals surface area contributed by atoms with Gasteiger partial charge in [-0.3, -0.25) is 19.5 Å². The fraction of sp³-hybridized carbons (Fsp3) is 0.125. The van der Waals surface area contributed by atoms with Crippen LogP contribution in [-0.4, -0.2) is 28.9 Å². The minimum Gasteiger partial charge on any atom is -0.507 e. The van der Waals surface area contributed by atoms with Gasteiger partial charge in [0.2, 0.25) is 0 Å². The number of halogens is 1. The molecule has 1 saturated heterocycles. The molecule has 1 aliphatic rings. The van der Waals surface area contributed by atoms with Crippen LogP contribution in [0.3, 0.4) is 0 Å². The van der Waals surface area contributed by atoms with Crippen LogP contribution in [0.1, 0.15) is 22.7 Å². The van der Waals surface area contributed by atoms with Gasteiger partial charge in [-0.15, -0.1) is 0 Å².